The molecular weight excluding hydrogens is 334 g/mol. The van der Waals surface area contributed by atoms with Gasteiger partial charge in [0.15, 0.2) is 11.5 Å². The van der Waals surface area contributed by atoms with E-state index in [4.69, 9.17) is 19.9 Å². The molecular formula is C19H31N3O4. The van der Waals surface area contributed by atoms with Crippen LogP contribution < -0.4 is 15.2 Å². The third-order valence-electron chi connectivity index (χ3n) is 4.36. The van der Waals surface area contributed by atoms with E-state index in [0.717, 1.165) is 5.56 Å². The fraction of sp³-hybridized carbons (Fsp3) is 0.632. The number of benzene rings is 1. The lowest BCUT2D eigenvalue weighted by molar-refractivity contribution is 0.0226. The Hall–Kier alpha value is -2.01. The normalized spacial score (nSPS) is 16.7. The molecule has 26 heavy (non-hydrogen) atoms. The van der Waals surface area contributed by atoms with Crippen LogP contribution in [0.15, 0.2) is 6.07 Å². The quantitative estimate of drug-likeness (QED) is 0.793. The minimum atomic E-state index is -0.414. The highest BCUT2D eigenvalue weighted by Gasteiger charge is 2.28. The highest BCUT2D eigenvalue weighted by molar-refractivity contribution is 5.57. The van der Waals surface area contributed by atoms with Crippen molar-refractivity contribution >= 4 is 0 Å². The summed E-state index contributed by atoms with van der Waals surface area (Å²) in [5.74, 6) is 1.05. The number of ether oxygens (including phenoxy) is 3. The summed E-state index contributed by atoms with van der Waals surface area (Å²) in [6.07, 6.45) is 0.414. The summed E-state index contributed by atoms with van der Waals surface area (Å²) >= 11 is 0. The predicted octanol–water partition coefficient (Wildman–Crippen LogP) is 1.84. The van der Waals surface area contributed by atoms with Crippen LogP contribution >= 0.6 is 0 Å². The van der Waals surface area contributed by atoms with Crippen LogP contribution in [-0.2, 0) is 11.2 Å². The van der Waals surface area contributed by atoms with Crippen LogP contribution in [0.2, 0.25) is 0 Å². The number of phenolic OH excluding ortho intramolecular Hbond substituents is 1. The molecule has 0 amide bonds. The van der Waals surface area contributed by atoms with Gasteiger partial charge in [-0.05, 0) is 25.0 Å². The average Bonchev–Trinajstić information content (AvgIpc) is 2.65. The van der Waals surface area contributed by atoms with Crippen molar-refractivity contribution < 1.29 is 19.3 Å². The van der Waals surface area contributed by atoms with Gasteiger partial charge in [-0.2, -0.15) is 5.26 Å². The average molecular weight is 365 g/mol. The smallest absolute Gasteiger partial charge is 0.167 e. The van der Waals surface area contributed by atoms with Crippen molar-refractivity contribution in [1.82, 2.24) is 4.90 Å². The first kappa shape index (κ1) is 22.0. The van der Waals surface area contributed by atoms with E-state index < -0.39 is 12.1 Å². The minimum Gasteiger partial charge on any atom is -0.504 e. The largest absolute Gasteiger partial charge is 0.504 e. The maximum absolute atomic E-state index is 10.1. The highest BCUT2D eigenvalue weighted by Crippen LogP contribution is 2.39. The Balaban J connectivity index is 0.00000163. The van der Waals surface area contributed by atoms with Gasteiger partial charge in [-0.1, -0.05) is 13.8 Å². The van der Waals surface area contributed by atoms with Crippen molar-refractivity contribution in [2.45, 2.75) is 39.3 Å². The topological polar surface area (TPSA) is 101 Å². The van der Waals surface area contributed by atoms with Crippen LogP contribution in [0.25, 0.3) is 0 Å². The van der Waals surface area contributed by atoms with E-state index in [2.05, 4.69) is 6.07 Å². The van der Waals surface area contributed by atoms with Crippen molar-refractivity contribution in [3.63, 3.8) is 0 Å². The molecule has 0 spiro atoms. The Kier molecular flexibility index (Phi) is 9.21. The Labute approximate surface area is 156 Å². The zero-order valence-corrected chi connectivity index (χ0v) is 16.4. The fourth-order valence-corrected chi connectivity index (χ4v) is 3.20. The number of morpholine rings is 1. The summed E-state index contributed by atoms with van der Waals surface area (Å²) in [5, 5.41) is 19.7. The molecule has 1 fully saturated rings. The molecule has 2 unspecified atom stereocenters. The monoisotopic (exact) mass is 365 g/mol. The van der Waals surface area contributed by atoms with Crippen LogP contribution in [0.5, 0.6) is 17.2 Å². The molecule has 0 saturated carbocycles. The summed E-state index contributed by atoms with van der Waals surface area (Å²) in [7, 11) is 3.06. The van der Waals surface area contributed by atoms with Crippen molar-refractivity contribution in [3.05, 3.63) is 17.2 Å². The molecule has 7 nitrogen and oxygen atoms in total. The van der Waals surface area contributed by atoms with Gasteiger partial charge < -0.3 is 25.1 Å². The van der Waals surface area contributed by atoms with Gasteiger partial charge in [0.1, 0.15) is 11.8 Å². The number of hydrogen-bond acceptors (Lipinski definition) is 7. The Bertz CT molecular complexity index is 610. The van der Waals surface area contributed by atoms with E-state index in [1.165, 1.54) is 7.11 Å². The SMILES string of the molecule is CC.COc1c(O)cc(CC(N)C(C#N)N2CCOCC2)c(OC)c1C. The van der Waals surface area contributed by atoms with Gasteiger partial charge in [-0.15, -0.1) is 0 Å². The van der Waals surface area contributed by atoms with Gasteiger partial charge >= 0.3 is 0 Å². The maximum atomic E-state index is 10.1. The van der Waals surface area contributed by atoms with Crippen LogP contribution in [0.1, 0.15) is 25.0 Å². The second kappa shape index (κ2) is 10.9. The highest BCUT2D eigenvalue weighted by atomic mass is 16.5. The molecule has 2 atom stereocenters. The number of nitriles is 1. The fourth-order valence-electron chi connectivity index (χ4n) is 3.20. The zero-order valence-electron chi connectivity index (χ0n) is 16.4. The van der Waals surface area contributed by atoms with Crippen molar-refractivity contribution in [2.24, 2.45) is 5.73 Å². The van der Waals surface area contributed by atoms with Gasteiger partial charge in [0.25, 0.3) is 0 Å². The first-order valence-electron chi connectivity index (χ1n) is 8.93. The standard InChI is InChI=1S/C17H25N3O4.C2H6/c1-11-16(22-2)12(9-15(21)17(11)23-3)8-13(19)14(10-18)20-4-6-24-7-5-20;1-2/h9,13-14,21H,4-8,19H2,1-3H3;1-2H3. The van der Waals surface area contributed by atoms with Crippen LogP contribution in [0.4, 0.5) is 0 Å². The number of rotatable bonds is 6. The van der Waals surface area contributed by atoms with Gasteiger partial charge in [0, 0.05) is 24.7 Å². The first-order valence-corrected chi connectivity index (χ1v) is 8.93. The van der Waals surface area contributed by atoms with Gasteiger partial charge in [-0.3, -0.25) is 4.90 Å². The molecule has 1 aromatic rings. The molecule has 1 heterocycles. The first-order chi connectivity index (χ1) is 12.5. The molecule has 0 bridgehead atoms. The summed E-state index contributed by atoms with van der Waals surface area (Å²) in [5.41, 5.74) is 7.78. The van der Waals surface area contributed by atoms with Gasteiger partial charge in [0.2, 0.25) is 0 Å². The zero-order chi connectivity index (χ0) is 19.7. The third kappa shape index (κ3) is 5.01. The molecule has 1 aliphatic rings. The lowest BCUT2D eigenvalue weighted by Gasteiger charge is -2.33. The van der Waals surface area contributed by atoms with Crippen LogP contribution in [0, 0.1) is 18.3 Å². The van der Waals surface area contributed by atoms with E-state index in [9.17, 15) is 10.4 Å². The number of nitrogens with zero attached hydrogens (tertiary/aromatic N) is 2. The molecule has 3 N–H and O–H groups in total. The molecule has 0 radical (unpaired) electrons. The van der Waals surface area contributed by atoms with Crippen LogP contribution in [-0.4, -0.2) is 62.6 Å². The van der Waals surface area contributed by atoms with Crippen molar-refractivity contribution in [2.75, 3.05) is 40.5 Å². The Morgan fingerprint density at radius 1 is 1.27 bits per heavy atom. The molecule has 1 aromatic carbocycles. The number of aromatic hydroxyl groups is 1. The second-order valence-electron chi connectivity index (χ2n) is 5.84. The van der Waals surface area contributed by atoms with E-state index in [1.54, 1.807) is 13.2 Å². The van der Waals surface area contributed by atoms with Crippen molar-refractivity contribution in [3.8, 4) is 23.3 Å². The molecule has 146 valence electrons. The van der Waals surface area contributed by atoms with Crippen molar-refractivity contribution in [1.29, 1.82) is 5.26 Å². The molecule has 0 aromatic heterocycles. The molecule has 7 heteroatoms. The minimum absolute atomic E-state index is 0.0397. The van der Waals surface area contributed by atoms with Gasteiger partial charge in [0.05, 0.1) is 33.5 Å². The molecule has 0 aliphatic carbocycles. The van der Waals surface area contributed by atoms with E-state index >= 15 is 0 Å². The number of nitrogens with two attached hydrogens (primary N) is 1. The van der Waals surface area contributed by atoms with Crippen LogP contribution in [0.3, 0.4) is 0 Å². The molecule has 2 rings (SSSR count). The second-order valence-corrected chi connectivity index (χ2v) is 5.84. The van der Waals surface area contributed by atoms with E-state index in [0.29, 0.717) is 49.8 Å². The molecule has 1 aliphatic heterocycles. The summed E-state index contributed by atoms with van der Waals surface area (Å²) < 4.78 is 16.0. The predicted molar refractivity (Wildman–Crippen MR) is 101 cm³/mol. The molecule has 1 saturated heterocycles. The lowest BCUT2D eigenvalue weighted by Crippen LogP contribution is -2.52. The Morgan fingerprint density at radius 2 is 1.85 bits per heavy atom. The number of hydrogen-bond donors (Lipinski definition) is 2. The van der Waals surface area contributed by atoms with E-state index in [1.807, 2.05) is 25.7 Å². The van der Waals surface area contributed by atoms with E-state index in [-0.39, 0.29) is 5.75 Å². The Morgan fingerprint density at radius 3 is 2.35 bits per heavy atom. The third-order valence-corrected chi connectivity index (χ3v) is 4.36. The summed E-state index contributed by atoms with van der Waals surface area (Å²) in [4.78, 5) is 2.04. The summed E-state index contributed by atoms with van der Waals surface area (Å²) in [6, 6.07) is 3.07. The van der Waals surface area contributed by atoms with Gasteiger partial charge in [-0.25, -0.2) is 0 Å². The number of methoxy groups -OCH3 is 2. The summed E-state index contributed by atoms with van der Waals surface area (Å²) in [6.45, 7) is 8.41. The maximum Gasteiger partial charge on any atom is 0.167 e. The number of phenols is 1. The lowest BCUT2D eigenvalue weighted by atomic mass is 9.96.